The highest BCUT2D eigenvalue weighted by molar-refractivity contribution is 5.93. The lowest BCUT2D eigenvalue weighted by Gasteiger charge is -2.08. The number of aryl methyl sites for hydroxylation is 2. The lowest BCUT2D eigenvalue weighted by Crippen LogP contribution is -2.24. The molecule has 23 heavy (non-hydrogen) atoms. The Balaban J connectivity index is 1.76. The SMILES string of the molecule is Cc1nn(C)c(C)c1NC(=O)COC(=O)COc1ccccc1. The van der Waals surface area contributed by atoms with Crippen molar-refractivity contribution >= 4 is 17.6 Å². The van der Waals surface area contributed by atoms with Gasteiger partial charge in [-0.2, -0.15) is 5.10 Å². The molecule has 1 aromatic heterocycles. The van der Waals surface area contributed by atoms with Crippen molar-refractivity contribution in [3.8, 4) is 5.75 Å². The minimum absolute atomic E-state index is 0.248. The van der Waals surface area contributed by atoms with Gasteiger partial charge in [0.2, 0.25) is 0 Å². The first-order chi connectivity index (χ1) is 11.0. The molecule has 0 unspecified atom stereocenters. The average molecular weight is 317 g/mol. The largest absolute Gasteiger partial charge is 0.482 e. The van der Waals surface area contributed by atoms with E-state index in [-0.39, 0.29) is 13.2 Å². The van der Waals surface area contributed by atoms with E-state index in [1.165, 1.54) is 0 Å². The molecule has 2 aromatic rings. The van der Waals surface area contributed by atoms with Crippen LogP contribution in [0.3, 0.4) is 0 Å². The van der Waals surface area contributed by atoms with Crippen LogP contribution in [0.25, 0.3) is 0 Å². The van der Waals surface area contributed by atoms with E-state index in [9.17, 15) is 9.59 Å². The van der Waals surface area contributed by atoms with E-state index >= 15 is 0 Å². The number of ether oxygens (including phenoxy) is 2. The van der Waals surface area contributed by atoms with Gasteiger partial charge < -0.3 is 14.8 Å². The first-order valence-corrected chi connectivity index (χ1v) is 7.11. The maximum Gasteiger partial charge on any atom is 0.344 e. The second-order valence-electron chi connectivity index (χ2n) is 4.98. The van der Waals surface area contributed by atoms with Crippen molar-refractivity contribution in [2.45, 2.75) is 13.8 Å². The van der Waals surface area contributed by atoms with E-state index in [4.69, 9.17) is 9.47 Å². The van der Waals surface area contributed by atoms with Crippen molar-refractivity contribution in [1.29, 1.82) is 0 Å². The van der Waals surface area contributed by atoms with Gasteiger partial charge in [-0.05, 0) is 26.0 Å². The van der Waals surface area contributed by atoms with E-state index in [1.54, 1.807) is 42.9 Å². The Morgan fingerprint density at radius 2 is 1.87 bits per heavy atom. The molecule has 0 atom stereocenters. The second kappa shape index (κ2) is 7.44. The zero-order valence-electron chi connectivity index (χ0n) is 13.3. The molecule has 0 saturated carbocycles. The van der Waals surface area contributed by atoms with Gasteiger partial charge in [0.05, 0.1) is 17.1 Å². The quantitative estimate of drug-likeness (QED) is 0.818. The van der Waals surface area contributed by atoms with E-state index in [0.29, 0.717) is 17.1 Å². The molecule has 1 amide bonds. The minimum atomic E-state index is -0.608. The zero-order chi connectivity index (χ0) is 16.8. The van der Waals surface area contributed by atoms with Gasteiger partial charge in [0.1, 0.15) is 5.75 Å². The van der Waals surface area contributed by atoms with Crippen molar-refractivity contribution in [1.82, 2.24) is 9.78 Å². The summed E-state index contributed by atoms with van der Waals surface area (Å²) in [5, 5.41) is 6.88. The van der Waals surface area contributed by atoms with Crippen LogP contribution in [0.15, 0.2) is 30.3 Å². The first kappa shape index (κ1) is 16.5. The standard InChI is InChI=1S/C16H19N3O4/c1-11-16(12(2)19(3)18-11)17-14(20)9-23-15(21)10-22-13-7-5-4-6-8-13/h4-8H,9-10H2,1-3H3,(H,17,20). The fraction of sp³-hybridized carbons (Fsp3) is 0.312. The van der Waals surface area contributed by atoms with Gasteiger partial charge in [0.15, 0.2) is 13.2 Å². The molecule has 7 nitrogen and oxygen atoms in total. The molecule has 0 saturated heterocycles. The van der Waals surface area contributed by atoms with Crippen LogP contribution in [0.5, 0.6) is 5.75 Å². The van der Waals surface area contributed by atoms with Crippen molar-refractivity contribution in [3.05, 3.63) is 41.7 Å². The molecular weight excluding hydrogens is 298 g/mol. The fourth-order valence-electron chi connectivity index (χ4n) is 1.98. The number of nitrogens with zero attached hydrogens (tertiary/aromatic N) is 2. The van der Waals surface area contributed by atoms with Crippen molar-refractivity contribution < 1.29 is 19.1 Å². The summed E-state index contributed by atoms with van der Waals surface area (Å²) in [6.45, 7) is 3.02. The number of aromatic nitrogens is 2. The monoisotopic (exact) mass is 317 g/mol. The molecule has 1 heterocycles. The number of hydrogen-bond donors (Lipinski definition) is 1. The third-order valence-corrected chi connectivity index (χ3v) is 3.24. The Morgan fingerprint density at radius 1 is 1.17 bits per heavy atom. The lowest BCUT2D eigenvalue weighted by atomic mass is 10.3. The average Bonchev–Trinajstić information content (AvgIpc) is 2.78. The first-order valence-electron chi connectivity index (χ1n) is 7.11. The Bertz CT molecular complexity index is 695. The van der Waals surface area contributed by atoms with Crippen molar-refractivity contribution in [3.63, 3.8) is 0 Å². The Labute approximate surface area is 134 Å². The van der Waals surface area contributed by atoms with Crippen LogP contribution >= 0.6 is 0 Å². The summed E-state index contributed by atoms with van der Waals surface area (Å²) in [7, 11) is 1.79. The molecule has 0 bridgehead atoms. The highest BCUT2D eigenvalue weighted by Crippen LogP contribution is 2.17. The smallest absolute Gasteiger partial charge is 0.344 e. The van der Waals surface area contributed by atoms with Crippen LogP contribution in [0, 0.1) is 13.8 Å². The zero-order valence-corrected chi connectivity index (χ0v) is 13.3. The molecule has 0 fully saturated rings. The molecule has 7 heteroatoms. The van der Waals surface area contributed by atoms with Gasteiger partial charge >= 0.3 is 5.97 Å². The number of benzene rings is 1. The Hall–Kier alpha value is -2.83. The van der Waals surface area contributed by atoms with E-state index in [0.717, 1.165) is 5.69 Å². The Kier molecular flexibility index (Phi) is 5.35. The molecule has 1 aromatic carbocycles. The second-order valence-corrected chi connectivity index (χ2v) is 4.98. The van der Waals surface area contributed by atoms with Gasteiger partial charge in [-0.1, -0.05) is 18.2 Å². The van der Waals surface area contributed by atoms with Gasteiger partial charge in [-0.25, -0.2) is 4.79 Å². The molecule has 1 N–H and O–H groups in total. The van der Waals surface area contributed by atoms with Crippen LogP contribution in [0.4, 0.5) is 5.69 Å². The number of anilines is 1. The molecule has 122 valence electrons. The highest BCUT2D eigenvalue weighted by atomic mass is 16.6. The van der Waals surface area contributed by atoms with E-state index in [2.05, 4.69) is 10.4 Å². The number of esters is 1. The van der Waals surface area contributed by atoms with Gasteiger partial charge in [-0.15, -0.1) is 0 Å². The predicted molar refractivity (Wildman–Crippen MR) is 84.2 cm³/mol. The molecule has 0 aliphatic rings. The molecule has 0 radical (unpaired) electrons. The maximum absolute atomic E-state index is 11.8. The lowest BCUT2D eigenvalue weighted by molar-refractivity contribution is -0.149. The highest BCUT2D eigenvalue weighted by Gasteiger charge is 2.14. The van der Waals surface area contributed by atoms with E-state index in [1.807, 2.05) is 13.0 Å². The summed E-state index contributed by atoms with van der Waals surface area (Å²) in [5.74, 6) is -0.462. The normalized spacial score (nSPS) is 10.2. The van der Waals surface area contributed by atoms with Gasteiger partial charge in [0.25, 0.3) is 5.91 Å². The number of amides is 1. The van der Waals surface area contributed by atoms with Gasteiger partial charge in [0, 0.05) is 7.05 Å². The predicted octanol–water partition coefficient (Wildman–Crippen LogP) is 1.60. The molecule has 2 rings (SSSR count). The van der Waals surface area contributed by atoms with Gasteiger partial charge in [-0.3, -0.25) is 9.48 Å². The molecular formula is C16H19N3O4. The van der Waals surface area contributed by atoms with E-state index < -0.39 is 11.9 Å². The number of carbonyl (C=O) groups is 2. The minimum Gasteiger partial charge on any atom is -0.482 e. The fourth-order valence-corrected chi connectivity index (χ4v) is 1.98. The summed E-state index contributed by atoms with van der Waals surface area (Å²) in [4.78, 5) is 23.4. The molecule has 0 aliphatic carbocycles. The van der Waals surface area contributed by atoms with Crippen molar-refractivity contribution in [2.24, 2.45) is 7.05 Å². The summed E-state index contributed by atoms with van der Waals surface area (Å²) >= 11 is 0. The van der Waals surface area contributed by atoms with Crippen molar-refractivity contribution in [2.75, 3.05) is 18.5 Å². The number of para-hydroxylation sites is 1. The number of carbonyl (C=O) groups excluding carboxylic acids is 2. The summed E-state index contributed by atoms with van der Waals surface area (Å²) < 4.78 is 11.8. The van der Waals surface area contributed by atoms with Crippen LogP contribution in [-0.2, 0) is 21.4 Å². The molecule has 0 spiro atoms. The van der Waals surface area contributed by atoms with Crippen LogP contribution in [0.1, 0.15) is 11.4 Å². The van der Waals surface area contributed by atoms with Crippen LogP contribution < -0.4 is 10.1 Å². The maximum atomic E-state index is 11.8. The number of rotatable bonds is 6. The third-order valence-electron chi connectivity index (χ3n) is 3.24. The van der Waals surface area contributed by atoms with Crippen LogP contribution in [-0.4, -0.2) is 34.9 Å². The van der Waals surface area contributed by atoms with Crippen LogP contribution in [0.2, 0.25) is 0 Å². The third kappa shape index (κ3) is 4.57. The molecule has 0 aliphatic heterocycles. The Morgan fingerprint density at radius 3 is 2.48 bits per heavy atom. The number of hydrogen-bond acceptors (Lipinski definition) is 5. The summed E-state index contributed by atoms with van der Waals surface area (Å²) in [5.41, 5.74) is 2.17. The summed E-state index contributed by atoms with van der Waals surface area (Å²) in [6.07, 6.45) is 0. The topological polar surface area (TPSA) is 82.5 Å². The summed E-state index contributed by atoms with van der Waals surface area (Å²) in [6, 6.07) is 8.90. The number of nitrogens with one attached hydrogen (secondary N) is 1.